The van der Waals surface area contributed by atoms with E-state index in [1.54, 1.807) is 0 Å². The minimum atomic E-state index is 0.165. The standard InChI is InChI=1S/C16H22N2O/c1-2-15(17-18-11-7-4-8-12-18)13-16(19)14-9-5-3-6-10-14/h3,5-6,9-10H,2,4,7-8,11-13H2,1H3. The van der Waals surface area contributed by atoms with Gasteiger partial charge in [0.15, 0.2) is 5.78 Å². The highest BCUT2D eigenvalue weighted by Crippen LogP contribution is 2.11. The number of hydrogen-bond donors (Lipinski definition) is 0. The number of hydrazone groups is 1. The van der Waals surface area contributed by atoms with Crippen molar-refractivity contribution in [2.24, 2.45) is 5.10 Å². The molecule has 102 valence electrons. The Morgan fingerprint density at radius 3 is 2.47 bits per heavy atom. The molecule has 2 rings (SSSR count). The molecule has 0 radical (unpaired) electrons. The first-order valence-corrected chi connectivity index (χ1v) is 7.19. The molecule has 0 N–H and O–H groups in total. The van der Waals surface area contributed by atoms with Crippen LogP contribution < -0.4 is 0 Å². The van der Waals surface area contributed by atoms with E-state index in [1.807, 2.05) is 30.3 Å². The Kier molecular flexibility index (Phi) is 5.13. The van der Waals surface area contributed by atoms with Gasteiger partial charge in [-0.2, -0.15) is 5.10 Å². The lowest BCUT2D eigenvalue weighted by molar-refractivity contribution is 0.0999. The third-order valence-corrected chi connectivity index (χ3v) is 3.48. The lowest BCUT2D eigenvalue weighted by atomic mass is 10.0. The molecule has 0 spiro atoms. The highest BCUT2D eigenvalue weighted by Gasteiger charge is 2.12. The van der Waals surface area contributed by atoms with Crippen molar-refractivity contribution < 1.29 is 4.79 Å². The molecule has 19 heavy (non-hydrogen) atoms. The molecule has 1 fully saturated rings. The average molecular weight is 258 g/mol. The van der Waals surface area contributed by atoms with Crippen LogP contribution in [0.25, 0.3) is 0 Å². The van der Waals surface area contributed by atoms with Crippen LogP contribution in [0.1, 0.15) is 49.4 Å². The summed E-state index contributed by atoms with van der Waals surface area (Å²) in [5, 5.41) is 6.77. The zero-order chi connectivity index (χ0) is 13.5. The molecule has 1 heterocycles. The fourth-order valence-electron chi connectivity index (χ4n) is 2.32. The minimum absolute atomic E-state index is 0.165. The van der Waals surface area contributed by atoms with Gasteiger partial charge < -0.3 is 0 Å². The van der Waals surface area contributed by atoms with Crippen LogP contribution in [-0.4, -0.2) is 29.6 Å². The molecule has 3 heteroatoms. The van der Waals surface area contributed by atoms with E-state index in [-0.39, 0.29) is 5.78 Å². The number of carbonyl (C=O) groups excluding carboxylic acids is 1. The Morgan fingerprint density at radius 2 is 1.84 bits per heavy atom. The van der Waals surface area contributed by atoms with E-state index in [9.17, 15) is 4.79 Å². The Morgan fingerprint density at radius 1 is 1.16 bits per heavy atom. The summed E-state index contributed by atoms with van der Waals surface area (Å²) in [7, 11) is 0. The number of ketones is 1. The van der Waals surface area contributed by atoms with Crippen molar-refractivity contribution in [2.75, 3.05) is 13.1 Å². The second-order valence-corrected chi connectivity index (χ2v) is 5.00. The van der Waals surface area contributed by atoms with Gasteiger partial charge in [0.1, 0.15) is 0 Å². The second-order valence-electron chi connectivity index (χ2n) is 5.00. The summed E-state index contributed by atoms with van der Waals surface area (Å²) in [4.78, 5) is 12.2. The molecule has 0 unspecified atom stereocenters. The molecule has 1 aromatic rings. The molecular formula is C16H22N2O. The van der Waals surface area contributed by atoms with E-state index < -0.39 is 0 Å². The largest absolute Gasteiger partial charge is 0.297 e. The third kappa shape index (κ3) is 4.19. The van der Waals surface area contributed by atoms with Crippen molar-refractivity contribution in [3.63, 3.8) is 0 Å². The summed E-state index contributed by atoms with van der Waals surface area (Å²) in [6.45, 7) is 4.13. The van der Waals surface area contributed by atoms with Crippen molar-refractivity contribution in [3.05, 3.63) is 35.9 Å². The van der Waals surface area contributed by atoms with E-state index in [4.69, 9.17) is 0 Å². The molecule has 0 saturated carbocycles. The number of Topliss-reactive ketones (excluding diaryl/α,β-unsaturated/α-hetero) is 1. The maximum Gasteiger partial charge on any atom is 0.168 e. The Labute approximate surface area is 115 Å². The summed E-state index contributed by atoms with van der Waals surface area (Å²) in [6.07, 6.45) is 5.02. The number of rotatable bonds is 5. The number of hydrogen-bond acceptors (Lipinski definition) is 3. The number of nitrogens with zero attached hydrogens (tertiary/aromatic N) is 2. The van der Waals surface area contributed by atoms with Crippen molar-refractivity contribution >= 4 is 11.5 Å². The van der Waals surface area contributed by atoms with Crippen LogP contribution in [0.4, 0.5) is 0 Å². The minimum Gasteiger partial charge on any atom is -0.297 e. The predicted octanol–water partition coefficient (Wildman–Crippen LogP) is 3.51. The van der Waals surface area contributed by atoms with Crippen LogP contribution >= 0.6 is 0 Å². The molecule has 1 saturated heterocycles. The highest BCUT2D eigenvalue weighted by atomic mass is 16.1. The van der Waals surface area contributed by atoms with Crippen LogP contribution in [0.3, 0.4) is 0 Å². The van der Waals surface area contributed by atoms with Gasteiger partial charge in [-0.05, 0) is 25.7 Å². The van der Waals surface area contributed by atoms with Crippen LogP contribution in [-0.2, 0) is 0 Å². The summed E-state index contributed by atoms with van der Waals surface area (Å²) in [5.41, 5.74) is 1.78. The summed E-state index contributed by atoms with van der Waals surface area (Å²) in [6, 6.07) is 9.48. The van der Waals surface area contributed by atoms with Gasteiger partial charge in [0.05, 0.1) is 6.42 Å². The van der Waals surface area contributed by atoms with Gasteiger partial charge in [0.25, 0.3) is 0 Å². The summed E-state index contributed by atoms with van der Waals surface area (Å²) in [5.74, 6) is 0.165. The molecule has 0 aliphatic carbocycles. The average Bonchev–Trinajstić information content (AvgIpc) is 2.48. The SMILES string of the molecule is CCC(CC(=O)c1ccccc1)=NN1CCCCC1. The molecule has 1 aliphatic heterocycles. The molecular weight excluding hydrogens is 236 g/mol. The summed E-state index contributed by atoms with van der Waals surface area (Å²) >= 11 is 0. The van der Waals surface area contributed by atoms with Gasteiger partial charge in [0, 0.05) is 24.4 Å². The maximum atomic E-state index is 12.2. The first-order valence-electron chi connectivity index (χ1n) is 7.19. The van der Waals surface area contributed by atoms with E-state index in [1.165, 1.54) is 19.3 Å². The van der Waals surface area contributed by atoms with Crippen molar-refractivity contribution in [1.82, 2.24) is 5.01 Å². The fraction of sp³-hybridized carbons (Fsp3) is 0.500. The van der Waals surface area contributed by atoms with Crippen LogP contribution in [0, 0.1) is 0 Å². The van der Waals surface area contributed by atoms with Crippen molar-refractivity contribution in [1.29, 1.82) is 0 Å². The van der Waals surface area contributed by atoms with E-state index in [0.29, 0.717) is 6.42 Å². The van der Waals surface area contributed by atoms with Crippen LogP contribution in [0.2, 0.25) is 0 Å². The van der Waals surface area contributed by atoms with Gasteiger partial charge in [0.2, 0.25) is 0 Å². The van der Waals surface area contributed by atoms with Gasteiger partial charge in [-0.25, -0.2) is 0 Å². The smallest absolute Gasteiger partial charge is 0.168 e. The molecule has 0 atom stereocenters. The first kappa shape index (κ1) is 13.8. The van der Waals surface area contributed by atoms with E-state index >= 15 is 0 Å². The van der Waals surface area contributed by atoms with Crippen LogP contribution in [0.15, 0.2) is 35.4 Å². The quantitative estimate of drug-likeness (QED) is 0.598. The Bertz CT molecular complexity index is 433. The normalized spacial score (nSPS) is 16.5. The zero-order valence-electron chi connectivity index (χ0n) is 11.6. The zero-order valence-corrected chi connectivity index (χ0v) is 11.6. The molecule has 1 aromatic carbocycles. The fourth-order valence-corrected chi connectivity index (χ4v) is 2.32. The second kappa shape index (κ2) is 7.07. The third-order valence-electron chi connectivity index (χ3n) is 3.48. The number of piperidine rings is 1. The lowest BCUT2D eigenvalue weighted by Crippen LogP contribution is -2.26. The first-order chi connectivity index (χ1) is 9.29. The lowest BCUT2D eigenvalue weighted by Gasteiger charge is -2.24. The van der Waals surface area contributed by atoms with Gasteiger partial charge in [-0.15, -0.1) is 0 Å². The topological polar surface area (TPSA) is 32.7 Å². The molecule has 1 aliphatic rings. The number of benzene rings is 1. The molecule has 0 amide bonds. The van der Waals surface area contributed by atoms with E-state index in [0.717, 1.165) is 30.8 Å². The van der Waals surface area contributed by atoms with Crippen molar-refractivity contribution in [3.8, 4) is 0 Å². The summed E-state index contributed by atoms with van der Waals surface area (Å²) < 4.78 is 0. The Hall–Kier alpha value is -1.64. The van der Waals surface area contributed by atoms with Crippen molar-refractivity contribution in [2.45, 2.75) is 39.0 Å². The van der Waals surface area contributed by atoms with Gasteiger partial charge in [-0.3, -0.25) is 9.80 Å². The highest BCUT2D eigenvalue weighted by molar-refractivity contribution is 6.09. The monoisotopic (exact) mass is 258 g/mol. The molecule has 0 aromatic heterocycles. The number of carbonyl (C=O) groups is 1. The predicted molar refractivity (Wildman–Crippen MR) is 78.5 cm³/mol. The van der Waals surface area contributed by atoms with Gasteiger partial charge >= 0.3 is 0 Å². The van der Waals surface area contributed by atoms with Gasteiger partial charge in [-0.1, -0.05) is 37.3 Å². The maximum absolute atomic E-state index is 12.2. The Balaban J connectivity index is 1.98. The van der Waals surface area contributed by atoms with Crippen LogP contribution in [0.5, 0.6) is 0 Å². The van der Waals surface area contributed by atoms with E-state index in [2.05, 4.69) is 17.0 Å². The molecule has 3 nitrogen and oxygen atoms in total. The molecule has 0 bridgehead atoms.